The number of ether oxygens (including phenoxy) is 1. The number of hydrogen-bond acceptors (Lipinski definition) is 1. The molecular formula is C13H17BrO. The highest BCUT2D eigenvalue weighted by Gasteiger charge is 2.02. The van der Waals surface area contributed by atoms with Crippen LogP contribution in [0.25, 0.3) is 6.08 Å². The summed E-state index contributed by atoms with van der Waals surface area (Å²) in [7, 11) is 0. The molecule has 0 aliphatic carbocycles. The predicted octanol–water partition coefficient (Wildman–Crippen LogP) is 4.27. The summed E-state index contributed by atoms with van der Waals surface area (Å²) in [6.07, 6.45) is 2.36. The lowest BCUT2D eigenvalue weighted by Gasteiger charge is -2.12. The van der Waals surface area contributed by atoms with Gasteiger partial charge in [-0.1, -0.05) is 45.8 Å². The molecule has 0 aromatic heterocycles. The van der Waals surface area contributed by atoms with Crippen LogP contribution < -0.4 is 4.74 Å². The first-order chi connectivity index (χ1) is 7.13. The number of para-hydroxylation sites is 1. The molecule has 1 aromatic rings. The summed E-state index contributed by atoms with van der Waals surface area (Å²) in [5, 5.41) is 0.892. The minimum atomic E-state index is 0.212. The monoisotopic (exact) mass is 268 g/mol. The normalized spacial score (nSPS) is 11.9. The highest BCUT2D eigenvalue weighted by molar-refractivity contribution is 9.09. The van der Waals surface area contributed by atoms with Crippen LogP contribution in [0.4, 0.5) is 0 Å². The van der Waals surface area contributed by atoms with E-state index in [9.17, 15) is 0 Å². The van der Waals surface area contributed by atoms with E-state index in [0.29, 0.717) is 0 Å². The van der Waals surface area contributed by atoms with Gasteiger partial charge in [0.2, 0.25) is 0 Å². The van der Waals surface area contributed by atoms with E-state index in [0.717, 1.165) is 16.6 Å². The van der Waals surface area contributed by atoms with Gasteiger partial charge in [-0.15, -0.1) is 0 Å². The van der Waals surface area contributed by atoms with Crippen molar-refractivity contribution in [3.8, 4) is 5.75 Å². The van der Waals surface area contributed by atoms with Gasteiger partial charge in [-0.3, -0.25) is 0 Å². The predicted molar refractivity (Wildman–Crippen MR) is 69.7 cm³/mol. The highest BCUT2D eigenvalue weighted by atomic mass is 79.9. The van der Waals surface area contributed by atoms with E-state index in [1.807, 2.05) is 32.0 Å². The Morgan fingerprint density at radius 1 is 1.40 bits per heavy atom. The molecule has 0 heterocycles. The third-order valence-electron chi connectivity index (χ3n) is 1.89. The van der Waals surface area contributed by atoms with Gasteiger partial charge in [-0.25, -0.2) is 0 Å². The molecule has 0 N–H and O–H groups in total. The van der Waals surface area contributed by atoms with Crippen molar-refractivity contribution >= 4 is 22.0 Å². The van der Waals surface area contributed by atoms with Gasteiger partial charge >= 0.3 is 0 Å². The van der Waals surface area contributed by atoms with Gasteiger partial charge in [0, 0.05) is 10.9 Å². The molecule has 0 spiro atoms. The first-order valence-electron chi connectivity index (χ1n) is 5.12. The molecule has 0 atom stereocenters. The topological polar surface area (TPSA) is 9.23 Å². The lowest BCUT2D eigenvalue weighted by atomic mass is 10.1. The zero-order valence-electron chi connectivity index (χ0n) is 9.46. The summed E-state index contributed by atoms with van der Waals surface area (Å²) in [6.45, 7) is 6.18. The van der Waals surface area contributed by atoms with Crippen molar-refractivity contribution in [2.45, 2.75) is 26.9 Å². The number of rotatable bonds is 4. The number of hydrogen-bond donors (Lipinski definition) is 0. The van der Waals surface area contributed by atoms with Crippen LogP contribution in [0.15, 0.2) is 29.8 Å². The fourth-order valence-corrected chi connectivity index (χ4v) is 1.43. The highest BCUT2D eigenvalue weighted by Crippen LogP contribution is 2.22. The molecular weight excluding hydrogens is 252 g/mol. The summed E-state index contributed by atoms with van der Waals surface area (Å²) >= 11 is 3.44. The average molecular weight is 269 g/mol. The molecule has 0 radical (unpaired) electrons. The Morgan fingerprint density at radius 3 is 2.67 bits per heavy atom. The lowest BCUT2D eigenvalue weighted by Crippen LogP contribution is -2.06. The molecule has 0 amide bonds. The third-order valence-corrected chi connectivity index (χ3v) is 2.78. The minimum Gasteiger partial charge on any atom is -0.490 e. The fourth-order valence-electron chi connectivity index (χ4n) is 1.27. The molecule has 0 saturated carbocycles. The van der Waals surface area contributed by atoms with E-state index in [-0.39, 0.29) is 6.10 Å². The van der Waals surface area contributed by atoms with Crippen LogP contribution in [0.1, 0.15) is 26.3 Å². The average Bonchev–Trinajstić information content (AvgIpc) is 2.20. The van der Waals surface area contributed by atoms with E-state index < -0.39 is 0 Å². The van der Waals surface area contributed by atoms with E-state index >= 15 is 0 Å². The van der Waals surface area contributed by atoms with E-state index in [1.54, 1.807) is 0 Å². The Kier molecular flexibility index (Phi) is 4.89. The van der Waals surface area contributed by atoms with Gasteiger partial charge in [0.05, 0.1) is 6.10 Å². The van der Waals surface area contributed by atoms with Gasteiger partial charge in [0.1, 0.15) is 5.75 Å². The zero-order chi connectivity index (χ0) is 11.3. The van der Waals surface area contributed by atoms with Gasteiger partial charge in [0.25, 0.3) is 0 Å². The van der Waals surface area contributed by atoms with Gasteiger partial charge in [-0.2, -0.15) is 0 Å². The molecule has 0 aliphatic rings. The molecule has 15 heavy (non-hydrogen) atoms. The summed E-state index contributed by atoms with van der Waals surface area (Å²) in [5.41, 5.74) is 2.43. The molecule has 0 aliphatic heterocycles. The fraction of sp³-hybridized carbons (Fsp3) is 0.385. The van der Waals surface area contributed by atoms with Crippen molar-refractivity contribution in [3.63, 3.8) is 0 Å². The van der Waals surface area contributed by atoms with Crippen LogP contribution in [0.2, 0.25) is 0 Å². The first kappa shape index (κ1) is 12.3. The quantitative estimate of drug-likeness (QED) is 0.741. The molecule has 0 fully saturated rings. The minimum absolute atomic E-state index is 0.212. The van der Waals surface area contributed by atoms with Crippen LogP contribution >= 0.6 is 15.9 Å². The van der Waals surface area contributed by atoms with Crippen molar-refractivity contribution in [2.24, 2.45) is 0 Å². The molecule has 1 aromatic carbocycles. The molecule has 2 heteroatoms. The molecule has 1 rings (SSSR count). The Balaban J connectivity index is 2.96. The number of allylic oxidation sites excluding steroid dienone is 1. The number of halogens is 1. The maximum absolute atomic E-state index is 5.73. The first-order valence-corrected chi connectivity index (χ1v) is 6.24. The van der Waals surface area contributed by atoms with Crippen molar-refractivity contribution in [1.29, 1.82) is 0 Å². The standard InChI is InChI=1S/C13H17BrO/c1-10(2)15-13-7-5-4-6-12(13)8-11(3)9-14/h4-8,10H,9H2,1-3H3. The molecule has 0 bridgehead atoms. The molecule has 82 valence electrons. The van der Waals surface area contributed by atoms with Crippen LogP contribution in [0.5, 0.6) is 5.75 Å². The maximum atomic E-state index is 5.73. The molecule has 0 saturated heterocycles. The second kappa shape index (κ2) is 5.96. The van der Waals surface area contributed by atoms with Crippen molar-refractivity contribution in [3.05, 3.63) is 35.4 Å². The zero-order valence-corrected chi connectivity index (χ0v) is 11.0. The van der Waals surface area contributed by atoms with Gasteiger partial charge < -0.3 is 4.74 Å². The smallest absolute Gasteiger partial charge is 0.126 e. The van der Waals surface area contributed by atoms with Crippen LogP contribution in [-0.4, -0.2) is 11.4 Å². The molecule has 1 nitrogen and oxygen atoms in total. The van der Waals surface area contributed by atoms with E-state index in [4.69, 9.17) is 4.74 Å². The third kappa shape index (κ3) is 4.08. The second-order valence-corrected chi connectivity index (χ2v) is 4.39. The van der Waals surface area contributed by atoms with Crippen molar-refractivity contribution in [2.75, 3.05) is 5.33 Å². The Labute approximate surface area is 100 Å². The Hall–Kier alpha value is -0.760. The van der Waals surface area contributed by atoms with Gasteiger partial charge in [0.15, 0.2) is 0 Å². The lowest BCUT2D eigenvalue weighted by molar-refractivity contribution is 0.242. The SMILES string of the molecule is CC(=Cc1ccccc1OC(C)C)CBr. The largest absolute Gasteiger partial charge is 0.490 e. The maximum Gasteiger partial charge on any atom is 0.126 e. The summed E-state index contributed by atoms with van der Waals surface area (Å²) < 4.78 is 5.73. The van der Waals surface area contributed by atoms with Gasteiger partial charge in [-0.05, 0) is 26.8 Å². The van der Waals surface area contributed by atoms with E-state index in [1.165, 1.54) is 5.57 Å². The van der Waals surface area contributed by atoms with Crippen LogP contribution in [0, 0.1) is 0 Å². The van der Waals surface area contributed by atoms with Crippen molar-refractivity contribution < 1.29 is 4.74 Å². The molecule has 0 unspecified atom stereocenters. The summed E-state index contributed by atoms with van der Waals surface area (Å²) in [5.74, 6) is 0.952. The Bertz CT molecular complexity index is 342. The van der Waals surface area contributed by atoms with E-state index in [2.05, 4.69) is 35.0 Å². The number of benzene rings is 1. The van der Waals surface area contributed by atoms with Crippen LogP contribution in [0.3, 0.4) is 0 Å². The second-order valence-electron chi connectivity index (χ2n) is 3.83. The number of alkyl halides is 1. The van der Waals surface area contributed by atoms with Crippen molar-refractivity contribution in [1.82, 2.24) is 0 Å². The summed E-state index contributed by atoms with van der Waals surface area (Å²) in [6, 6.07) is 8.11. The van der Waals surface area contributed by atoms with Crippen LogP contribution in [-0.2, 0) is 0 Å². The Morgan fingerprint density at radius 2 is 2.07 bits per heavy atom. The summed E-state index contributed by atoms with van der Waals surface area (Å²) in [4.78, 5) is 0.